The number of hydrogen-bond donors (Lipinski definition) is 1. The number of hydrogen-bond acceptors (Lipinski definition) is 5. The van der Waals surface area contributed by atoms with Crippen LogP contribution in [0.1, 0.15) is 84.1 Å². The van der Waals surface area contributed by atoms with Crippen LogP contribution in [-0.2, 0) is 28.9 Å². The molecule has 2 aliphatic rings. The smallest absolute Gasteiger partial charge is 0.341 e. The average Bonchev–Trinajstić information content (AvgIpc) is 3.33. The first-order chi connectivity index (χ1) is 14.3. The Labute approximate surface area is 177 Å². The SMILES string of the molecule is CC(C)OC(=O)c1c(NC(=O)Cn2nc(C3CC3)cc2C(F)F)sc2c1CCCC2. The molecule has 0 bridgehead atoms. The van der Waals surface area contributed by atoms with Crippen LogP contribution in [0.25, 0.3) is 0 Å². The highest BCUT2D eigenvalue weighted by Gasteiger charge is 2.31. The van der Waals surface area contributed by atoms with Crippen molar-refractivity contribution < 1.29 is 23.1 Å². The minimum Gasteiger partial charge on any atom is -0.459 e. The predicted octanol–water partition coefficient (Wildman–Crippen LogP) is 4.84. The summed E-state index contributed by atoms with van der Waals surface area (Å²) in [6, 6.07) is 1.39. The Morgan fingerprint density at radius 1 is 1.30 bits per heavy atom. The van der Waals surface area contributed by atoms with Crippen molar-refractivity contribution in [2.24, 2.45) is 0 Å². The van der Waals surface area contributed by atoms with E-state index >= 15 is 0 Å². The maximum absolute atomic E-state index is 13.4. The molecule has 0 unspecified atom stereocenters. The number of nitrogens with one attached hydrogen (secondary N) is 1. The van der Waals surface area contributed by atoms with Gasteiger partial charge in [-0.1, -0.05) is 0 Å². The molecule has 162 valence electrons. The van der Waals surface area contributed by atoms with Crippen molar-refractivity contribution in [3.8, 4) is 0 Å². The summed E-state index contributed by atoms with van der Waals surface area (Å²) in [4.78, 5) is 26.5. The maximum Gasteiger partial charge on any atom is 0.341 e. The van der Waals surface area contributed by atoms with Crippen LogP contribution in [0.5, 0.6) is 0 Å². The van der Waals surface area contributed by atoms with Gasteiger partial charge in [-0.3, -0.25) is 9.48 Å². The van der Waals surface area contributed by atoms with Gasteiger partial charge in [0.05, 0.1) is 17.4 Å². The summed E-state index contributed by atoms with van der Waals surface area (Å²) in [7, 11) is 0. The molecule has 1 saturated carbocycles. The molecule has 0 radical (unpaired) electrons. The van der Waals surface area contributed by atoms with Gasteiger partial charge in [0.25, 0.3) is 6.43 Å². The lowest BCUT2D eigenvalue weighted by atomic mass is 9.95. The first-order valence-corrected chi connectivity index (χ1v) is 11.2. The quantitative estimate of drug-likeness (QED) is 0.629. The average molecular weight is 438 g/mol. The first kappa shape index (κ1) is 21.0. The van der Waals surface area contributed by atoms with Crippen molar-refractivity contribution >= 4 is 28.2 Å². The molecule has 0 aromatic carbocycles. The zero-order chi connectivity index (χ0) is 21.4. The molecule has 2 aliphatic carbocycles. The summed E-state index contributed by atoms with van der Waals surface area (Å²) in [6.45, 7) is 3.22. The Bertz CT molecular complexity index is 963. The molecule has 1 amide bonds. The Kier molecular flexibility index (Phi) is 5.90. The number of nitrogens with zero attached hydrogens (tertiary/aromatic N) is 2. The number of thiophene rings is 1. The van der Waals surface area contributed by atoms with Crippen LogP contribution < -0.4 is 5.32 Å². The minimum atomic E-state index is -2.71. The van der Waals surface area contributed by atoms with Crippen LogP contribution in [-0.4, -0.2) is 27.8 Å². The highest BCUT2D eigenvalue weighted by molar-refractivity contribution is 7.17. The maximum atomic E-state index is 13.4. The van der Waals surface area contributed by atoms with E-state index in [1.807, 2.05) is 0 Å². The lowest BCUT2D eigenvalue weighted by Gasteiger charge is -2.14. The number of aryl methyl sites for hydroxylation is 1. The fourth-order valence-electron chi connectivity index (χ4n) is 3.78. The van der Waals surface area contributed by atoms with Gasteiger partial charge in [0.2, 0.25) is 5.91 Å². The summed E-state index contributed by atoms with van der Waals surface area (Å²) < 4.78 is 33.3. The molecule has 0 spiro atoms. The first-order valence-electron chi connectivity index (χ1n) is 10.3. The van der Waals surface area contributed by atoms with Crippen molar-refractivity contribution in [1.82, 2.24) is 9.78 Å². The van der Waals surface area contributed by atoms with E-state index in [0.717, 1.165) is 53.6 Å². The number of aromatic nitrogens is 2. The van der Waals surface area contributed by atoms with Gasteiger partial charge in [0.15, 0.2) is 0 Å². The highest BCUT2D eigenvalue weighted by atomic mass is 32.1. The molecular weight excluding hydrogens is 412 g/mol. The molecule has 6 nitrogen and oxygen atoms in total. The molecule has 4 rings (SSSR count). The summed E-state index contributed by atoms with van der Waals surface area (Å²) in [5, 5.41) is 7.42. The molecule has 0 atom stereocenters. The second-order valence-corrected chi connectivity index (χ2v) is 9.25. The zero-order valence-corrected chi connectivity index (χ0v) is 17.9. The second-order valence-electron chi connectivity index (χ2n) is 8.14. The van der Waals surface area contributed by atoms with E-state index in [0.29, 0.717) is 16.3 Å². The third-order valence-corrected chi connectivity index (χ3v) is 6.52. The van der Waals surface area contributed by atoms with Crippen molar-refractivity contribution in [1.29, 1.82) is 0 Å². The summed E-state index contributed by atoms with van der Waals surface area (Å²) in [6.07, 6.45) is 2.54. The van der Waals surface area contributed by atoms with E-state index in [1.54, 1.807) is 13.8 Å². The summed E-state index contributed by atoms with van der Waals surface area (Å²) in [5.41, 5.74) is 1.71. The molecule has 0 saturated heterocycles. The molecule has 1 fully saturated rings. The molecule has 2 heterocycles. The number of esters is 1. The van der Waals surface area contributed by atoms with Gasteiger partial charge in [0, 0.05) is 10.8 Å². The van der Waals surface area contributed by atoms with Crippen molar-refractivity contribution in [3.63, 3.8) is 0 Å². The van der Waals surface area contributed by atoms with Crippen LogP contribution in [0.15, 0.2) is 6.07 Å². The monoisotopic (exact) mass is 437 g/mol. The summed E-state index contributed by atoms with van der Waals surface area (Å²) in [5.74, 6) is -0.726. The van der Waals surface area contributed by atoms with E-state index in [-0.39, 0.29) is 24.3 Å². The fourth-order valence-corrected chi connectivity index (χ4v) is 5.07. The largest absolute Gasteiger partial charge is 0.459 e. The third-order valence-electron chi connectivity index (χ3n) is 5.31. The molecule has 1 N–H and O–H groups in total. The third kappa shape index (κ3) is 4.40. The number of carbonyl (C=O) groups is 2. The number of ether oxygens (including phenoxy) is 1. The van der Waals surface area contributed by atoms with Crippen LogP contribution in [0, 0.1) is 0 Å². The van der Waals surface area contributed by atoms with Gasteiger partial charge in [-0.15, -0.1) is 11.3 Å². The number of anilines is 1. The van der Waals surface area contributed by atoms with E-state index in [4.69, 9.17) is 4.74 Å². The van der Waals surface area contributed by atoms with E-state index < -0.39 is 18.3 Å². The lowest BCUT2D eigenvalue weighted by Crippen LogP contribution is -2.22. The molecule has 0 aliphatic heterocycles. The summed E-state index contributed by atoms with van der Waals surface area (Å²) >= 11 is 1.38. The molecule has 9 heteroatoms. The Morgan fingerprint density at radius 2 is 2.03 bits per heavy atom. The zero-order valence-electron chi connectivity index (χ0n) is 17.0. The normalized spacial score (nSPS) is 16.1. The fraction of sp³-hybridized carbons (Fsp3) is 0.571. The van der Waals surface area contributed by atoms with E-state index in [2.05, 4.69) is 10.4 Å². The molecular formula is C21H25F2N3O3S. The van der Waals surface area contributed by atoms with Gasteiger partial charge in [-0.2, -0.15) is 5.10 Å². The number of alkyl halides is 2. The van der Waals surface area contributed by atoms with Gasteiger partial charge in [-0.05, 0) is 64.0 Å². The number of amides is 1. The van der Waals surface area contributed by atoms with E-state index in [1.165, 1.54) is 17.4 Å². The van der Waals surface area contributed by atoms with Gasteiger partial charge in [0.1, 0.15) is 17.2 Å². The molecule has 2 aromatic heterocycles. The Morgan fingerprint density at radius 3 is 2.70 bits per heavy atom. The number of fused-ring (bicyclic) bond motifs is 1. The lowest BCUT2D eigenvalue weighted by molar-refractivity contribution is -0.117. The van der Waals surface area contributed by atoms with Gasteiger partial charge >= 0.3 is 5.97 Å². The standard InChI is InChI=1S/C21H25F2N3O3S/c1-11(2)29-21(28)18-13-5-3-4-6-16(13)30-20(18)24-17(27)10-26-15(19(22)23)9-14(25-26)12-7-8-12/h9,11-12,19H,3-8,10H2,1-2H3,(H,24,27). The van der Waals surface area contributed by atoms with E-state index in [9.17, 15) is 18.4 Å². The highest BCUT2D eigenvalue weighted by Crippen LogP contribution is 2.41. The minimum absolute atomic E-state index is 0.216. The number of carbonyl (C=O) groups excluding carboxylic acids is 2. The van der Waals surface area contributed by atoms with Crippen LogP contribution in [0.3, 0.4) is 0 Å². The second kappa shape index (κ2) is 8.45. The van der Waals surface area contributed by atoms with Crippen molar-refractivity contribution in [3.05, 3.63) is 33.5 Å². The van der Waals surface area contributed by atoms with Gasteiger partial charge < -0.3 is 10.1 Å². The van der Waals surface area contributed by atoms with Crippen molar-refractivity contribution in [2.45, 2.75) is 77.4 Å². The van der Waals surface area contributed by atoms with Gasteiger partial charge in [-0.25, -0.2) is 13.6 Å². The number of halogens is 2. The number of rotatable bonds is 7. The molecule has 30 heavy (non-hydrogen) atoms. The topological polar surface area (TPSA) is 73.2 Å². The predicted molar refractivity (Wildman–Crippen MR) is 109 cm³/mol. The van der Waals surface area contributed by atoms with Crippen LogP contribution in [0.2, 0.25) is 0 Å². The van der Waals surface area contributed by atoms with Crippen molar-refractivity contribution in [2.75, 3.05) is 5.32 Å². The Hall–Kier alpha value is -2.29. The Balaban J connectivity index is 1.56. The van der Waals surface area contributed by atoms with Crippen LogP contribution >= 0.6 is 11.3 Å². The molecule has 2 aromatic rings. The van der Waals surface area contributed by atoms with Crippen LogP contribution in [0.4, 0.5) is 13.8 Å².